The van der Waals surface area contributed by atoms with Gasteiger partial charge in [-0.1, -0.05) is 27.2 Å². The van der Waals surface area contributed by atoms with E-state index in [1.54, 1.807) is 0 Å². The lowest BCUT2D eigenvalue weighted by molar-refractivity contribution is -0.127. The van der Waals surface area contributed by atoms with Crippen molar-refractivity contribution >= 4 is 11.8 Å². The fourth-order valence-corrected chi connectivity index (χ4v) is 2.49. The van der Waals surface area contributed by atoms with Gasteiger partial charge in [0.2, 0.25) is 11.8 Å². The largest absolute Gasteiger partial charge is 0.393 e. The molecular formula is C15H28N2O3. The second-order valence-corrected chi connectivity index (χ2v) is 7.00. The molecule has 5 heteroatoms. The van der Waals surface area contributed by atoms with E-state index in [9.17, 15) is 14.7 Å². The fourth-order valence-electron chi connectivity index (χ4n) is 2.49. The van der Waals surface area contributed by atoms with Gasteiger partial charge in [0.05, 0.1) is 12.6 Å². The minimum Gasteiger partial charge on any atom is -0.393 e. The highest BCUT2D eigenvalue weighted by Gasteiger charge is 2.21. The molecule has 0 aromatic heterocycles. The molecule has 0 saturated heterocycles. The van der Waals surface area contributed by atoms with E-state index in [-0.39, 0.29) is 29.9 Å². The van der Waals surface area contributed by atoms with Gasteiger partial charge >= 0.3 is 0 Å². The molecule has 0 heterocycles. The summed E-state index contributed by atoms with van der Waals surface area (Å²) in [6.07, 6.45) is 3.88. The first kappa shape index (κ1) is 17.0. The minimum absolute atomic E-state index is 0.0319. The van der Waals surface area contributed by atoms with Gasteiger partial charge in [0.25, 0.3) is 0 Å². The summed E-state index contributed by atoms with van der Waals surface area (Å²) in [6, 6.07) is 0. The van der Waals surface area contributed by atoms with Crippen molar-refractivity contribution < 1.29 is 14.7 Å². The van der Waals surface area contributed by atoms with Crippen LogP contribution in [0.3, 0.4) is 0 Å². The summed E-state index contributed by atoms with van der Waals surface area (Å²) >= 11 is 0. The Morgan fingerprint density at radius 2 is 1.85 bits per heavy atom. The maximum absolute atomic E-state index is 11.6. The number of rotatable bonds is 5. The van der Waals surface area contributed by atoms with Crippen molar-refractivity contribution in [2.75, 3.05) is 13.1 Å². The molecule has 116 valence electrons. The Balaban J connectivity index is 2.15. The number of hydrogen-bond acceptors (Lipinski definition) is 3. The SMILES string of the molecule is CC(C)(C)CC(=O)NCC(=O)NCC1CCCC(O)C1. The summed E-state index contributed by atoms with van der Waals surface area (Å²) in [6.45, 7) is 6.58. The molecule has 1 rings (SSSR count). The minimum atomic E-state index is -0.225. The predicted octanol–water partition coefficient (Wildman–Crippen LogP) is 1.21. The lowest BCUT2D eigenvalue weighted by Crippen LogP contribution is -2.40. The quantitative estimate of drug-likeness (QED) is 0.710. The van der Waals surface area contributed by atoms with Crippen LogP contribution in [0.25, 0.3) is 0 Å². The Bertz CT molecular complexity index is 337. The van der Waals surface area contributed by atoms with Crippen LogP contribution >= 0.6 is 0 Å². The summed E-state index contributed by atoms with van der Waals surface area (Å²) in [5.74, 6) is 0.0982. The highest BCUT2D eigenvalue weighted by molar-refractivity contribution is 5.84. The van der Waals surface area contributed by atoms with Gasteiger partial charge in [0.1, 0.15) is 0 Å². The van der Waals surface area contributed by atoms with E-state index in [1.807, 2.05) is 20.8 Å². The van der Waals surface area contributed by atoms with Crippen molar-refractivity contribution in [3.05, 3.63) is 0 Å². The molecule has 0 radical (unpaired) electrons. The molecule has 1 aliphatic rings. The highest BCUT2D eigenvalue weighted by atomic mass is 16.3. The van der Waals surface area contributed by atoms with E-state index in [4.69, 9.17) is 0 Å². The van der Waals surface area contributed by atoms with Crippen molar-refractivity contribution in [3.8, 4) is 0 Å². The third kappa shape index (κ3) is 7.48. The van der Waals surface area contributed by atoms with E-state index in [0.717, 1.165) is 25.7 Å². The third-order valence-corrected chi connectivity index (χ3v) is 3.48. The van der Waals surface area contributed by atoms with Crippen LogP contribution < -0.4 is 10.6 Å². The number of aliphatic hydroxyl groups excluding tert-OH is 1. The van der Waals surface area contributed by atoms with Crippen molar-refractivity contribution in [2.45, 2.75) is 59.0 Å². The summed E-state index contributed by atoms with van der Waals surface area (Å²) < 4.78 is 0. The molecule has 0 aromatic rings. The Kier molecular flexibility index (Phi) is 6.46. The first-order valence-electron chi connectivity index (χ1n) is 7.48. The van der Waals surface area contributed by atoms with E-state index >= 15 is 0 Å². The number of carbonyl (C=O) groups excluding carboxylic acids is 2. The van der Waals surface area contributed by atoms with Crippen molar-refractivity contribution in [3.63, 3.8) is 0 Å². The van der Waals surface area contributed by atoms with Gasteiger partial charge < -0.3 is 15.7 Å². The van der Waals surface area contributed by atoms with E-state index < -0.39 is 0 Å². The van der Waals surface area contributed by atoms with Crippen LogP contribution in [-0.2, 0) is 9.59 Å². The molecule has 3 N–H and O–H groups in total. The number of nitrogens with one attached hydrogen (secondary N) is 2. The van der Waals surface area contributed by atoms with Gasteiger partial charge in [-0.2, -0.15) is 0 Å². The molecule has 0 spiro atoms. The smallest absolute Gasteiger partial charge is 0.239 e. The molecule has 5 nitrogen and oxygen atoms in total. The van der Waals surface area contributed by atoms with Gasteiger partial charge in [-0.05, 0) is 30.6 Å². The summed E-state index contributed by atoms with van der Waals surface area (Å²) in [7, 11) is 0. The Morgan fingerprint density at radius 3 is 2.45 bits per heavy atom. The van der Waals surface area contributed by atoms with E-state index in [0.29, 0.717) is 18.9 Å². The first-order valence-corrected chi connectivity index (χ1v) is 7.48. The third-order valence-electron chi connectivity index (χ3n) is 3.48. The van der Waals surface area contributed by atoms with Gasteiger partial charge in [0, 0.05) is 13.0 Å². The molecule has 0 aliphatic heterocycles. The molecule has 1 fully saturated rings. The van der Waals surface area contributed by atoms with Crippen molar-refractivity contribution in [1.29, 1.82) is 0 Å². The molecule has 2 unspecified atom stereocenters. The molecule has 2 amide bonds. The number of hydrogen-bond donors (Lipinski definition) is 3. The normalized spacial score (nSPS) is 23.2. The number of aliphatic hydroxyl groups is 1. The molecule has 0 bridgehead atoms. The average molecular weight is 284 g/mol. The molecular weight excluding hydrogens is 256 g/mol. The predicted molar refractivity (Wildman–Crippen MR) is 78.1 cm³/mol. The van der Waals surface area contributed by atoms with Gasteiger partial charge in [-0.25, -0.2) is 0 Å². The number of amides is 2. The van der Waals surface area contributed by atoms with Crippen LogP contribution in [0.5, 0.6) is 0 Å². The first-order chi connectivity index (χ1) is 9.26. The Labute approximate surface area is 121 Å². The highest BCUT2D eigenvalue weighted by Crippen LogP contribution is 2.23. The van der Waals surface area contributed by atoms with Crippen molar-refractivity contribution in [1.82, 2.24) is 10.6 Å². The van der Waals surface area contributed by atoms with Crippen molar-refractivity contribution in [2.24, 2.45) is 11.3 Å². The topological polar surface area (TPSA) is 78.4 Å². The van der Waals surface area contributed by atoms with E-state index in [2.05, 4.69) is 10.6 Å². The fraction of sp³-hybridized carbons (Fsp3) is 0.867. The lowest BCUT2D eigenvalue weighted by atomic mass is 9.87. The van der Waals surface area contributed by atoms with Crippen LogP contribution in [0.2, 0.25) is 0 Å². The maximum atomic E-state index is 11.6. The standard InChI is InChI=1S/C15H28N2O3/c1-15(2,3)8-13(19)17-10-14(20)16-9-11-5-4-6-12(18)7-11/h11-12,18H,4-10H2,1-3H3,(H,16,20)(H,17,19). The van der Waals surface area contributed by atoms with Gasteiger partial charge in [-0.3, -0.25) is 9.59 Å². The molecule has 0 aromatic carbocycles. The van der Waals surface area contributed by atoms with E-state index in [1.165, 1.54) is 0 Å². The summed E-state index contributed by atoms with van der Waals surface area (Å²) in [4.78, 5) is 23.2. The monoisotopic (exact) mass is 284 g/mol. The zero-order chi connectivity index (χ0) is 15.2. The molecule has 1 aliphatic carbocycles. The Hall–Kier alpha value is -1.10. The number of carbonyl (C=O) groups is 2. The molecule has 20 heavy (non-hydrogen) atoms. The van der Waals surface area contributed by atoms with Crippen LogP contribution in [-0.4, -0.2) is 36.1 Å². The molecule has 1 saturated carbocycles. The second kappa shape index (κ2) is 7.62. The van der Waals surface area contributed by atoms with Crippen LogP contribution in [0, 0.1) is 11.3 Å². The van der Waals surface area contributed by atoms with Crippen LogP contribution in [0.4, 0.5) is 0 Å². The Morgan fingerprint density at radius 1 is 1.15 bits per heavy atom. The maximum Gasteiger partial charge on any atom is 0.239 e. The zero-order valence-electron chi connectivity index (χ0n) is 12.9. The average Bonchev–Trinajstić information content (AvgIpc) is 2.32. The zero-order valence-corrected chi connectivity index (χ0v) is 12.9. The van der Waals surface area contributed by atoms with Crippen LogP contribution in [0.1, 0.15) is 52.9 Å². The lowest BCUT2D eigenvalue weighted by Gasteiger charge is -2.25. The second-order valence-electron chi connectivity index (χ2n) is 7.00. The van der Waals surface area contributed by atoms with Crippen LogP contribution in [0.15, 0.2) is 0 Å². The summed E-state index contributed by atoms with van der Waals surface area (Å²) in [5.41, 5.74) is -0.0706. The van der Waals surface area contributed by atoms with Gasteiger partial charge in [0.15, 0.2) is 0 Å². The summed E-state index contributed by atoms with van der Waals surface area (Å²) in [5, 5.41) is 15.0. The van der Waals surface area contributed by atoms with Gasteiger partial charge in [-0.15, -0.1) is 0 Å². The molecule has 2 atom stereocenters.